The second-order valence-electron chi connectivity index (χ2n) is 3.47. The van der Waals surface area contributed by atoms with Gasteiger partial charge in [0.05, 0.1) is 0 Å². The summed E-state index contributed by atoms with van der Waals surface area (Å²) < 4.78 is 0. The number of nitrogens with two attached hydrogens (primary N) is 2. The summed E-state index contributed by atoms with van der Waals surface area (Å²) in [7, 11) is 0. The number of hydrogen-bond donors (Lipinski definition) is 3. The van der Waals surface area contributed by atoms with Gasteiger partial charge in [-0.25, -0.2) is 5.26 Å². The fourth-order valence-electron chi connectivity index (χ4n) is 1.52. The van der Waals surface area contributed by atoms with Crippen molar-refractivity contribution in [2.24, 2.45) is 0 Å². The summed E-state index contributed by atoms with van der Waals surface area (Å²) in [4.78, 5) is 4.30. The molecule has 0 unspecified atom stereocenters. The van der Waals surface area contributed by atoms with Crippen LogP contribution in [-0.4, -0.2) is 5.26 Å². The zero-order valence-corrected chi connectivity index (χ0v) is 8.55. The SMILES string of the molecule is Nc1ccc(-c2ccc(N)cc2OO)cc1. The van der Waals surface area contributed by atoms with Crippen LogP contribution in [0.1, 0.15) is 0 Å². The van der Waals surface area contributed by atoms with Crippen molar-refractivity contribution in [3.05, 3.63) is 42.5 Å². The molecule has 2 rings (SSSR count). The van der Waals surface area contributed by atoms with Crippen LogP contribution in [0, 0.1) is 0 Å². The van der Waals surface area contributed by atoms with E-state index in [1.165, 1.54) is 0 Å². The highest BCUT2D eigenvalue weighted by Crippen LogP contribution is 2.31. The van der Waals surface area contributed by atoms with Crippen molar-refractivity contribution in [1.29, 1.82) is 0 Å². The summed E-state index contributed by atoms with van der Waals surface area (Å²) in [6.07, 6.45) is 0. The summed E-state index contributed by atoms with van der Waals surface area (Å²) in [6, 6.07) is 12.4. The molecule has 0 spiro atoms. The smallest absolute Gasteiger partial charge is 0.174 e. The van der Waals surface area contributed by atoms with E-state index in [1.54, 1.807) is 30.3 Å². The lowest BCUT2D eigenvalue weighted by atomic mass is 10.0. The quantitative estimate of drug-likeness (QED) is 0.409. The molecule has 0 radical (unpaired) electrons. The molecule has 0 bridgehead atoms. The minimum absolute atomic E-state index is 0.324. The molecule has 5 N–H and O–H groups in total. The van der Waals surface area contributed by atoms with Gasteiger partial charge >= 0.3 is 0 Å². The molecule has 0 amide bonds. The van der Waals surface area contributed by atoms with E-state index in [1.807, 2.05) is 12.1 Å². The molecule has 4 heteroatoms. The van der Waals surface area contributed by atoms with Crippen LogP contribution in [0.15, 0.2) is 42.5 Å². The van der Waals surface area contributed by atoms with Crippen LogP contribution in [-0.2, 0) is 0 Å². The van der Waals surface area contributed by atoms with E-state index in [4.69, 9.17) is 16.7 Å². The number of rotatable bonds is 2. The number of benzene rings is 2. The second kappa shape index (κ2) is 4.12. The van der Waals surface area contributed by atoms with Crippen molar-refractivity contribution in [3.63, 3.8) is 0 Å². The van der Waals surface area contributed by atoms with Crippen LogP contribution in [0.4, 0.5) is 11.4 Å². The van der Waals surface area contributed by atoms with Crippen molar-refractivity contribution in [3.8, 4) is 16.9 Å². The maximum absolute atomic E-state index is 8.78. The number of anilines is 2. The van der Waals surface area contributed by atoms with E-state index in [0.29, 0.717) is 17.1 Å². The van der Waals surface area contributed by atoms with Crippen molar-refractivity contribution in [2.75, 3.05) is 11.5 Å². The molecular weight excluding hydrogens is 204 g/mol. The van der Waals surface area contributed by atoms with Crippen LogP contribution in [0.25, 0.3) is 11.1 Å². The van der Waals surface area contributed by atoms with Crippen LogP contribution in [0.2, 0.25) is 0 Å². The van der Waals surface area contributed by atoms with Gasteiger partial charge in [0.15, 0.2) is 5.75 Å². The van der Waals surface area contributed by atoms with Gasteiger partial charge in [0.1, 0.15) is 0 Å². The highest BCUT2D eigenvalue weighted by Gasteiger charge is 2.06. The van der Waals surface area contributed by atoms with Gasteiger partial charge < -0.3 is 16.4 Å². The Kier molecular flexibility index (Phi) is 2.66. The monoisotopic (exact) mass is 216 g/mol. The van der Waals surface area contributed by atoms with Crippen LogP contribution in [0.5, 0.6) is 5.75 Å². The fraction of sp³-hybridized carbons (Fsp3) is 0. The van der Waals surface area contributed by atoms with Gasteiger partial charge in [0.2, 0.25) is 0 Å². The maximum atomic E-state index is 8.78. The normalized spacial score (nSPS) is 10.1. The summed E-state index contributed by atoms with van der Waals surface area (Å²) in [5.74, 6) is 0.324. The zero-order valence-electron chi connectivity index (χ0n) is 8.55. The van der Waals surface area contributed by atoms with Gasteiger partial charge in [-0.1, -0.05) is 12.1 Å². The topological polar surface area (TPSA) is 81.5 Å². The molecule has 0 atom stereocenters. The van der Waals surface area contributed by atoms with E-state index in [2.05, 4.69) is 4.89 Å². The Morgan fingerprint density at radius 2 is 1.50 bits per heavy atom. The lowest BCUT2D eigenvalue weighted by molar-refractivity contribution is -0.137. The van der Waals surface area contributed by atoms with Gasteiger partial charge in [-0.3, -0.25) is 0 Å². The Bertz CT molecular complexity index is 495. The van der Waals surface area contributed by atoms with E-state index in [9.17, 15) is 0 Å². The molecule has 2 aromatic rings. The summed E-state index contributed by atoms with van der Waals surface area (Å²) in [6.45, 7) is 0. The number of hydrogen-bond acceptors (Lipinski definition) is 4. The highest BCUT2D eigenvalue weighted by atomic mass is 17.1. The Hall–Kier alpha value is -2.20. The zero-order chi connectivity index (χ0) is 11.5. The first-order valence-electron chi connectivity index (χ1n) is 4.77. The molecule has 82 valence electrons. The highest BCUT2D eigenvalue weighted by molar-refractivity contribution is 5.73. The van der Waals surface area contributed by atoms with Crippen molar-refractivity contribution < 1.29 is 10.1 Å². The summed E-state index contributed by atoms with van der Waals surface area (Å²) in [5.41, 5.74) is 14.1. The minimum atomic E-state index is 0.324. The Balaban J connectivity index is 2.51. The molecule has 4 nitrogen and oxygen atoms in total. The van der Waals surface area contributed by atoms with Crippen molar-refractivity contribution >= 4 is 11.4 Å². The third-order valence-electron chi connectivity index (χ3n) is 2.33. The van der Waals surface area contributed by atoms with Gasteiger partial charge in [0.25, 0.3) is 0 Å². The summed E-state index contributed by atoms with van der Waals surface area (Å²) >= 11 is 0. The molecule has 16 heavy (non-hydrogen) atoms. The molecule has 0 heterocycles. The average Bonchev–Trinajstić information content (AvgIpc) is 2.30. The Morgan fingerprint density at radius 1 is 0.875 bits per heavy atom. The van der Waals surface area contributed by atoms with Crippen molar-refractivity contribution in [1.82, 2.24) is 0 Å². The number of nitrogen functional groups attached to an aromatic ring is 2. The first kappa shape index (κ1) is 10.3. The molecule has 0 saturated heterocycles. The van der Waals surface area contributed by atoms with E-state index >= 15 is 0 Å². The third-order valence-corrected chi connectivity index (χ3v) is 2.33. The lowest BCUT2D eigenvalue weighted by Gasteiger charge is -2.07. The average molecular weight is 216 g/mol. The first-order chi connectivity index (χ1) is 7.70. The second-order valence-corrected chi connectivity index (χ2v) is 3.47. The van der Waals surface area contributed by atoms with Gasteiger partial charge in [-0.2, -0.15) is 0 Å². The molecule has 0 aliphatic heterocycles. The van der Waals surface area contributed by atoms with Gasteiger partial charge in [-0.15, -0.1) is 0 Å². The van der Waals surface area contributed by atoms with Crippen LogP contribution >= 0.6 is 0 Å². The first-order valence-corrected chi connectivity index (χ1v) is 4.77. The fourth-order valence-corrected chi connectivity index (χ4v) is 1.52. The van der Waals surface area contributed by atoms with E-state index in [-0.39, 0.29) is 0 Å². The molecule has 0 fully saturated rings. The van der Waals surface area contributed by atoms with Crippen molar-refractivity contribution in [2.45, 2.75) is 0 Å². The minimum Gasteiger partial charge on any atom is -0.399 e. The van der Waals surface area contributed by atoms with Gasteiger partial charge in [-0.05, 0) is 29.8 Å². The van der Waals surface area contributed by atoms with Crippen LogP contribution < -0.4 is 16.4 Å². The largest absolute Gasteiger partial charge is 0.399 e. The Labute approximate surface area is 93.0 Å². The Morgan fingerprint density at radius 3 is 2.12 bits per heavy atom. The standard InChI is InChI=1S/C12H12N2O2/c13-9-3-1-8(2-4-9)11-6-5-10(14)7-12(11)16-15/h1-7,15H,13-14H2. The molecular formula is C12H12N2O2. The predicted molar refractivity (Wildman–Crippen MR) is 64.0 cm³/mol. The van der Waals surface area contributed by atoms with Gasteiger partial charge in [0, 0.05) is 23.0 Å². The molecule has 2 aromatic carbocycles. The third kappa shape index (κ3) is 1.92. The maximum Gasteiger partial charge on any atom is 0.174 e. The van der Waals surface area contributed by atoms with E-state index < -0.39 is 0 Å². The molecule has 0 aromatic heterocycles. The molecule has 0 aliphatic rings. The lowest BCUT2D eigenvalue weighted by Crippen LogP contribution is -1.92. The summed E-state index contributed by atoms with van der Waals surface area (Å²) in [5, 5.41) is 8.78. The van der Waals surface area contributed by atoms with Crippen LogP contribution in [0.3, 0.4) is 0 Å². The molecule has 0 aliphatic carbocycles. The predicted octanol–water partition coefficient (Wildman–Crippen LogP) is 2.37. The molecule has 0 saturated carbocycles. The van der Waals surface area contributed by atoms with E-state index in [0.717, 1.165) is 11.1 Å².